The Hall–Kier alpha value is -1.38. The van der Waals surface area contributed by atoms with Crippen LogP contribution in [-0.4, -0.2) is 38.9 Å². The van der Waals surface area contributed by atoms with E-state index in [2.05, 4.69) is 9.88 Å². The van der Waals surface area contributed by atoms with Crippen molar-refractivity contribution in [2.24, 2.45) is 0 Å². The van der Waals surface area contributed by atoms with Crippen molar-refractivity contribution in [2.75, 3.05) is 12.3 Å². The van der Waals surface area contributed by atoms with Crippen LogP contribution < -0.4 is 0 Å². The Kier molecular flexibility index (Phi) is 4.01. The zero-order chi connectivity index (χ0) is 14.9. The van der Waals surface area contributed by atoms with Crippen LogP contribution in [0, 0.1) is 0 Å². The van der Waals surface area contributed by atoms with Crippen molar-refractivity contribution in [1.29, 1.82) is 0 Å². The second-order valence-corrected chi connectivity index (χ2v) is 8.15. The van der Waals surface area contributed by atoms with Gasteiger partial charge >= 0.3 is 0 Å². The number of rotatable bonds is 4. The van der Waals surface area contributed by atoms with Crippen molar-refractivity contribution < 1.29 is 8.42 Å². The molecule has 0 aliphatic carbocycles. The van der Waals surface area contributed by atoms with E-state index in [1.807, 2.05) is 12.1 Å². The van der Waals surface area contributed by atoms with E-state index in [9.17, 15) is 8.42 Å². The maximum Gasteiger partial charge on any atom is 0.268 e. The van der Waals surface area contributed by atoms with Crippen molar-refractivity contribution in [3.8, 4) is 0 Å². The molecular weight excluding hydrogens is 326 g/mol. The van der Waals surface area contributed by atoms with Crippen LogP contribution in [0.15, 0.2) is 47.9 Å². The normalized spacial score (nSPS) is 15.6. The second-order valence-electron chi connectivity index (χ2n) is 4.58. The topological polar surface area (TPSA) is 55.2 Å². The van der Waals surface area contributed by atoms with Crippen molar-refractivity contribution in [3.63, 3.8) is 0 Å². The lowest BCUT2D eigenvalue weighted by atomic mass is 10.2. The molecule has 1 aliphatic rings. The first-order valence-corrected chi connectivity index (χ1v) is 9.15. The molecule has 110 valence electrons. The van der Waals surface area contributed by atoms with Gasteiger partial charge in [0, 0.05) is 31.2 Å². The molecule has 0 bridgehead atoms. The Morgan fingerprint density at radius 3 is 2.62 bits per heavy atom. The number of imidazole rings is 1. The van der Waals surface area contributed by atoms with E-state index in [1.165, 1.54) is 18.7 Å². The lowest BCUT2D eigenvalue weighted by Crippen LogP contribution is -2.22. The van der Waals surface area contributed by atoms with Crippen LogP contribution in [-0.2, 0) is 16.6 Å². The SMILES string of the molecule is O=S(=O)(c1ccc(CN2CCSC2=S)cc1)n1ccnc1. The first-order valence-electron chi connectivity index (χ1n) is 6.31. The summed E-state index contributed by atoms with van der Waals surface area (Å²) < 4.78 is 26.6. The van der Waals surface area contributed by atoms with Gasteiger partial charge in [-0.25, -0.2) is 17.4 Å². The van der Waals surface area contributed by atoms with E-state index >= 15 is 0 Å². The van der Waals surface area contributed by atoms with E-state index in [-0.39, 0.29) is 4.90 Å². The molecule has 8 heteroatoms. The lowest BCUT2D eigenvalue weighted by molar-refractivity contribution is 0.463. The average molecular weight is 339 g/mol. The van der Waals surface area contributed by atoms with E-state index in [0.29, 0.717) is 0 Å². The summed E-state index contributed by atoms with van der Waals surface area (Å²) in [5.41, 5.74) is 1.05. The van der Waals surface area contributed by atoms with Gasteiger partial charge < -0.3 is 4.90 Å². The fourth-order valence-electron chi connectivity index (χ4n) is 2.07. The number of thioether (sulfide) groups is 1. The van der Waals surface area contributed by atoms with E-state index in [1.54, 1.807) is 23.9 Å². The largest absolute Gasteiger partial charge is 0.352 e. The van der Waals surface area contributed by atoms with Crippen LogP contribution in [0.4, 0.5) is 0 Å². The first kappa shape index (κ1) is 14.6. The van der Waals surface area contributed by atoms with E-state index in [0.717, 1.165) is 32.7 Å². The highest BCUT2D eigenvalue weighted by Gasteiger charge is 2.19. The van der Waals surface area contributed by atoms with Gasteiger partial charge in [-0.1, -0.05) is 36.1 Å². The molecule has 1 saturated heterocycles. The molecule has 1 aliphatic heterocycles. The minimum atomic E-state index is -3.54. The fraction of sp³-hybridized carbons (Fsp3) is 0.231. The number of benzene rings is 1. The molecule has 3 rings (SSSR count). The molecular formula is C13H13N3O2S3. The molecule has 0 saturated carbocycles. The molecule has 1 aromatic carbocycles. The summed E-state index contributed by atoms with van der Waals surface area (Å²) in [5.74, 6) is 1.02. The van der Waals surface area contributed by atoms with Gasteiger partial charge in [0.1, 0.15) is 10.6 Å². The average Bonchev–Trinajstić information content (AvgIpc) is 3.12. The van der Waals surface area contributed by atoms with Gasteiger partial charge in [0.25, 0.3) is 10.0 Å². The zero-order valence-electron chi connectivity index (χ0n) is 11.0. The Bertz CT molecular complexity index is 739. The molecule has 2 aromatic rings. The predicted octanol–water partition coefficient (Wildman–Crippen LogP) is 1.95. The van der Waals surface area contributed by atoms with Crippen LogP contribution in [0.2, 0.25) is 0 Å². The third-order valence-electron chi connectivity index (χ3n) is 3.20. The summed E-state index contributed by atoms with van der Waals surface area (Å²) >= 11 is 6.94. The molecule has 5 nitrogen and oxygen atoms in total. The third kappa shape index (κ3) is 2.97. The zero-order valence-corrected chi connectivity index (χ0v) is 13.5. The minimum absolute atomic E-state index is 0.252. The fourth-order valence-corrected chi connectivity index (χ4v) is 4.41. The standard InChI is InChI=1S/C13H13N3O2S3/c17-21(18,16-6-5-14-10-16)12-3-1-11(2-4-12)9-15-7-8-20-13(15)19/h1-6,10H,7-9H2. The van der Waals surface area contributed by atoms with Crippen molar-refractivity contribution in [1.82, 2.24) is 13.9 Å². The highest BCUT2D eigenvalue weighted by molar-refractivity contribution is 8.23. The summed E-state index contributed by atoms with van der Waals surface area (Å²) in [7, 11) is -3.54. The van der Waals surface area contributed by atoms with Crippen molar-refractivity contribution >= 4 is 38.3 Å². The summed E-state index contributed by atoms with van der Waals surface area (Å²) in [6, 6.07) is 6.90. The second kappa shape index (κ2) is 5.78. The highest BCUT2D eigenvalue weighted by Crippen LogP contribution is 2.21. The molecule has 2 heterocycles. The summed E-state index contributed by atoms with van der Waals surface area (Å²) in [4.78, 5) is 6.15. The maximum absolute atomic E-state index is 12.3. The van der Waals surface area contributed by atoms with Crippen molar-refractivity contribution in [2.45, 2.75) is 11.4 Å². The highest BCUT2D eigenvalue weighted by atomic mass is 32.2. The molecule has 1 aromatic heterocycles. The van der Waals surface area contributed by atoms with Crippen LogP contribution in [0.1, 0.15) is 5.56 Å². The van der Waals surface area contributed by atoms with Crippen LogP contribution in [0.3, 0.4) is 0 Å². The van der Waals surface area contributed by atoms with Crippen LogP contribution in [0.5, 0.6) is 0 Å². The molecule has 0 atom stereocenters. The van der Waals surface area contributed by atoms with Crippen LogP contribution >= 0.6 is 24.0 Å². The monoisotopic (exact) mass is 339 g/mol. The molecule has 0 spiro atoms. The molecule has 0 amide bonds. The van der Waals surface area contributed by atoms with Crippen molar-refractivity contribution in [3.05, 3.63) is 48.5 Å². The Labute approximate surface area is 133 Å². The predicted molar refractivity (Wildman–Crippen MR) is 86.7 cm³/mol. The Balaban J connectivity index is 1.80. The summed E-state index contributed by atoms with van der Waals surface area (Å²) in [5, 5.41) is 0. The number of thiocarbonyl (C=S) groups is 1. The van der Waals surface area contributed by atoms with Gasteiger partial charge in [0.15, 0.2) is 0 Å². The van der Waals surface area contributed by atoms with Gasteiger partial charge in [-0.15, -0.1) is 0 Å². The lowest BCUT2D eigenvalue weighted by Gasteiger charge is -2.16. The minimum Gasteiger partial charge on any atom is -0.352 e. The van der Waals surface area contributed by atoms with Gasteiger partial charge in [0.2, 0.25) is 0 Å². The first-order chi connectivity index (χ1) is 10.1. The molecule has 0 unspecified atom stereocenters. The molecule has 21 heavy (non-hydrogen) atoms. The quantitative estimate of drug-likeness (QED) is 0.794. The van der Waals surface area contributed by atoms with Gasteiger partial charge in [-0.2, -0.15) is 0 Å². The Morgan fingerprint density at radius 2 is 2.05 bits per heavy atom. The molecule has 1 fully saturated rings. The third-order valence-corrected chi connectivity index (χ3v) is 6.34. The van der Waals surface area contributed by atoms with Gasteiger partial charge in [-0.3, -0.25) is 0 Å². The summed E-state index contributed by atoms with van der Waals surface area (Å²) in [6.07, 6.45) is 4.14. The Morgan fingerprint density at radius 1 is 1.29 bits per heavy atom. The number of nitrogens with zero attached hydrogens (tertiary/aromatic N) is 3. The maximum atomic E-state index is 12.3. The van der Waals surface area contributed by atoms with E-state index in [4.69, 9.17) is 12.2 Å². The number of hydrogen-bond donors (Lipinski definition) is 0. The smallest absolute Gasteiger partial charge is 0.268 e. The number of aromatic nitrogens is 2. The molecule has 0 N–H and O–H groups in total. The van der Waals surface area contributed by atoms with Gasteiger partial charge in [-0.05, 0) is 17.7 Å². The summed E-state index contributed by atoms with van der Waals surface area (Å²) in [6.45, 7) is 1.66. The van der Waals surface area contributed by atoms with Gasteiger partial charge in [0.05, 0.1) is 4.90 Å². The van der Waals surface area contributed by atoms with E-state index < -0.39 is 10.0 Å². The van der Waals surface area contributed by atoms with Crippen LogP contribution in [0.25, 0.3) is 0 Å². The number of hydrogen-bond acceptors (Lipinski definition) is 5. The molecule has 0 radical (unpaired) electrons.